The van der Waals surface area contributed by atoms with Gasteiger partial charge in [0.25, 0.3) is 0 Å². The minimum atomic E-state index is -0.377. The standard InChI is InChI=1S/C17H16ClN3O3/c18-13-4-6-14(7-5-13)20-16(23)8-9-17(24)21-19-11-12-2-1-3-15(22)10-12/h1-7,10-11,22H,8-9H2,(H,20,23)(H,21,24)/b19-11+. The predicted molar refractivity (Wildman–Crippen MR) is 93.2 cm³/mol. The SMILES string of the molecule is O=C(CCC(=O)Nc1ccc(Cl)cc1)N/N=C/c1cccc(O)c1. The number of benzene rings is 2. The summed E-state index contributed by atoms with van der Waals surface area (Å²) in [7, 11) is 0. The molecule has 0 atom stereocenters. The first-order valence-electron chi connectivity index (χ1n) is 7.19. The summed E-state index contributed by atoms with van der Waals surface area (Å²) >= 11 is 5.76. The molecule has 2 aromatic carbocycles. The quantitative estimate of drug-likeness (QED) is 0.555. The smallest absolute Gasteiger partial charge is 0.240 e. The lowest BCUT2D eigenvalue weighted by Crippen LogP contribution is -2.20. The molecule has 0 saturated heterocycles. The number of aromatic hydroxyl groups is 1. The number of rotatable bonds is 6. The Morgan fingerprint density at radius 3 is 2.50 bits per heavy atom. The van der Waals surface area contributed by atoms with Gasteiger partial charge in [-0.25, -0.2) is 5.43 Å². The number of phenolic OH excluding ortho intramolecular Hbond substituents is 1. The average Bonchev–Trinajstić information content (AvgIpc) is 2.55. The molecule has 0 aliphatic heterocycles. The summed E-state index contributed by atoms with van der Waals surface area (Å²) in [6, 6.07) is 13.1. The van der Waals surface area contributed by atoms with E-state index in [2.05, 4.69) is 15.8 Å². The molecule has 24 heavy (non-hydrogen) atoms. The molecule has 2 aromatic rings. The van der Waals surface area contributed by atoms with Crippen molar-refractivity contribution in [1.29, 1.82) is 0 Å². The van der Waals surface area contributed by atoms with Crippen LogP contribution in [0.3, 0.4) is 0 Å². The van der Waals surface area contributed by atoms with Crippen LogP contribution < -0.4 is 10.7 Å². The van der Waals surface area contributed by atoms with Crippen molar-refractivity contribution in [3.63, 3.8) is 0 Å². The summed E-state index contributed by atoms with van der Waals surface area (Å²) < 4.78 is 0. The van der Waals surface area contributed by atoms with Crippen molar-refractivity contribution in [2.45, 2.75) is 12.8 Å². The van der Waals surface area contributed by atoms with Crippen molar-refractivity contribution in [3.8, 4) is 5.75 Å². The first-order chi connectivity index (χ1) is 11.5. The molecule has 0 spiro atoms. The van der Waals surface area contributed by atoms with E-state index in [1.165, 1.54) is 18.3 Å². The molecule has 0 saturated carbocycles. The van der Waals surface area contributed by atoms with Crippen molar-refractivity contribution in [1.82, 2.24) is 5.43 Å². The van der Waals surface area contributed by atoms with Crippen LogP contribution in [0.15, 0.2) is 53.6 Å². The lowest BCUT2D eigenvalue weighted by molar-refractivity contribution is -0.124. The van der Waals surface area contributed by atoms with Gasteiger partial charge in [-0.05, 0) is 42.0 Å². The van der Waals surface area contributed by atoms with Gasteiger partial charge in [0.1, 0.15) is 5.75 Å². The van der Waals surface area contributed by atoms with E-state index in [0.29, 0.717) is 16.3 Å². The minimum Gasteiger partial charge on any atom is -0.508 e. The molecule has 6 nitrogen and oxygen atoms in total. The van der Waals surface area contributed by atoms with Crippen LogP contribution >= 0.6 is 11.6 Å². The van der Waals surface area contributed by atoms with Crippen molar-refractivity contribution in [2.75, 3.05) is 5.32 Å². The highest BCUT2D eigenvalue weighted by atomic mass is 35.5. The van der Waals surface area contributed by atoms with E-state index in [1.54, 1.807) is 36.4 Å². The highest BCUT2D eigenvalue weighted by Gasteiger charge is 2.06. The number of carbonyl (C=O) groups is 2. The van der Waals surface area contributed by atoms with Gasteiger partial charge in [0.05, 0.1) is 6.21 Å². The van der Waals surface area contributed by atoms with Gasteiger partial charge in [-0.1, -0.05) is 23.7 Å². The van der Waals surface area contributed by atoms with Crippen LogP contribution in [0.5, 0.6) is 5.75 Å². The number of nitrogens with zero attached hydrogens (tertiary/aromatic N) is 1. The summed E-state index contributed by atoms with van der Waals surface area (Å²) in [6.07, 6.45) is 1.46. The number of hydrazone groups is 1. The predicted octanol–water partition coefficient (Wildman–Crippen LogP) is 2.91. The molecule has 0 heterocycles. The second-order valence-electron chi connectivity index (χ2n) is 4.94. The molecule has 0 aliphatic rings. The first-order valence-corrected chi connectivity index (χ1v) is 7.57. The van der Waals surface area contributed by atoms with E-state index in [-0.39, 0.29) is 30.4 Å². The Morgan fingerprint density at radius 1 is 1.08 bits per heavy atom. The van der Waals surface area contributed by atoms with Crippen LogP contribution in [0.1, 0.15) is 18.4 Å². The number of carbonyl (C=O) groups excluding carboxylic acids is 2. The zero-order valence-electron chi connectivity index (χ0n) is 12.7. The number of hydrogen-bond acceptors (Lipinski definition) is 4. The molecular weight excluding hydrogens is 330 g/mol. The van der Waals surface area contributed by atoms with Gasteiger partial charge in [-0.2, -0.15) is 5.10 Å². The van der Waals surface area contributed by atoms with E-state index in [1.807, 2.05) is 0 Å². The number of halogens is 1. The highest BCUT2D eigenvalue weighted by molar-refractivity contribution is 6.30. The van der Waals surface area contributed by atoms with Gasteiger partial charge < -0.3 is 10.4 Å². The monoisotopic (exact) mass is 345 g/mol. The minimum absolute atomic E-state index is 0.0107. The highest BCUT2D eigenvalue weighted by Crippen LogP contribution is 2.13. The molecule has 124 valence electrons. The van der Waals surface area contributed by atoms with E-state index in [0.717, 1.165) is 0 Å². The molecule has 3 N–H and O–H groups in total. The molecular formula is C17H16ClN3O3. The third-order valence-corrected chi connectivity index (χ3v) is 3.23. The topological polar surface area (TPSA) is 90.8 Å². The number of amides is 2. The molecule has 0 aromatic heterocycles. The first kappa shape index (κ1) is 17.5. The molecule has 7 heteroatoms. The summed E-state index contributed by atoms with van der Waals surface area (Å²) in [5.41, 5.74) is 3.59. The van der Waals surface area contributed by atoms with E-state index in [4.69, 9.17) is 11.6 Å². The summed E-state index contributed by atoms with van der Waals surface area (Å²) in [5.74, 6) is -0.536. The fraction of sp³-hybridized carbons (Fsp3) is 0.118. The Bertz CT molecular complexity index is 745. The Balaban J connectivity index is 1.72. The molecule has 2 amide bonds. The number of hydrogen-bond donors (Lipinski definition) is 3. The second kappa shape index (κ2) is 8.69. The Kier molecular flexibility index (Phi) is 6.33. The average molecular weight is 346 g/mol. The van der Waals surface area contributed by atoms with Gasteiger partial charge in [-0.3, -0.25) is 9.59 Å². The van der Waals surface area contributed by atoms with Gasteiger partial charge in [0.15, 0.2) is 0 Å². The van der Waals surface area contributed by atoms with Crippen LogP contribution in [0, 0.1) is 0 Å². The van der Waals surface area contributed by atoms with Crippen molar-refractivity contribution < 1.29 is 14.7 Å². The van der Waals surface area contributed by atoms with Crippen molar-refractivity contribution in [2.24, 2.45) is 5.10 Å². The Morgan fingerprint density at radius 2 is 1.79 bits per heavy atom. The normalized spacial score (nSPS) is 10.5. The van der Waals surface area contributed by atoms with Crippen LogP contribution in [0.4, 0.5) is 5.69 Å². The number of anilines is 1. The summed E-state index contributed by atoms with van der Waals surface area (Å²) in [4.78, 5) is 23.4. The Hall–Kier alpha value is -2.86. The fourth-order valence-electron chi connectivity index (χ4n) is 1.82. The maximum absolute atomic E-state index is 11.7. The van der Waals surface area contributed by atoms with Gasteiger partial charge in [-0.15, -0.1) is 0 Å². The summed E-state index contributed by atoms with van der Waals surface area (Å²) in [6.45, 7) is 0. The molecule has 0 aliphatic carbocycles. The molecule has 0 bridgehead atoms. The van der Waals surface area contributed by atoms with Gasteiger partial charge in [0, 0.05) is 23.6 Å². The third-order valence-electron chi connectivity index (χ3n) is 2.98. The maximum Gasteiger partial charge on any atom is 0.240 e. The van der Waals surface area contributed by atoms with Crippen LogP contribution in [0.2, 0.25) is 5.02 Å². The maximum atomic E-state index is 11.7. The lowest BCUT2D eigenvalue weighted by Gasteiger charge is -2.04. The summed E-state index contributed by atoms with van der Waals surface area (Å²) in [5, 5.41) is 16.3. The van der Waals surface area contributed by atoms with Crippen molar-refractivity contribution >= 4 is 35.3 Å². The largest absolute Gasteiger partial charge is 0.508 e. The van der Waals surface area contributed by atoms with Crippen LogP contribution in [-0.2, 0) is 9.59 Å². The Labute approximate surface area is 144 Å². The van der Waals surface area contributed by atoms with Gasteiger partial charge in [0.2, 0.25) is 11.8 Å². The van der Waals surface area contributed by atoms with E-state index in [9.17, 15) is 14.7 Å². The van der Waals surface area contributed by atoms with Crippen molar-refractivity contribution in [3.05, 3.63) is 59.1 Å². The van der Waals surface area contributed by atoms with E-state index < -0.39 is 0 Å². The van der Waals surface area contributed by atoms with Crippen LogP contribution in [0.25, 0.3) is 0 Å². The van der Waals surface area contributed by atoms with E-state index >= 15 is 0 Å². The van der Waals surface area contributed by atoms with Crippen LogP contribution in [-0.4, -0.2) is 23.1 Å². The third kappa shape index (κ3) is 6.10. The molecule has 0 fully saturated rings. The van der Waals surface area contributed by atoms with Gasteiger partial charge >= 0.3 is 0 Å². The molecule has 2 rings (SSSR count). The number of phenols is 1. The molecule has 0 radical (unpaired) electrons. The second-order valence-corrected chi connectivity index (χ2v) is 5.38. The molecule has 0 unspecified atom stereocenters. The fourth-order valence-corrected chi connectivity index (χ4v) is 1.95. The lowest BCUT2D eigenvalue weighted by atomic mass is 10.2. The number of nitrogens with one attached hydrogen (secondary N) is 2. The zero-order chi connectivity index (χ0) is 17.4. The zero-order valence-corrected chi connectivity index (χ0v) is 13.5.